The number of aliphatic hydroxyl groups excluding tert-OH is 1. The van der Waals surface area contributed by atoms with E-state index in [1.807, 2.05) is 0 Å². The van der Waals surface area contributed by atoms with Crippen LogP contribution in [0, 0.1) is 0 Å². The summed E-state index contributed by atoms with van der Waals surface area (Å²) in [5, 5.41) is 28.2. The van der Waals surface area contributed by atoms with Crippen molar-refractivity contribution in [1.29, 1.82) is 0 Å². The molecule has 0 bridgehead atoms. The molecule has 0 aromatic heterocycles. The lowest BCUT2D eigenvalue weighted by molar-refractivity contribution is -0.138. The molecule has 24 heavy (non-hydrogen) atoms. The Hall–Kier alpha value is -2.67. The number of rotatable bonds is 8. The highest BCUT2D eigenvalue weighted by Gasteiger charge is 2.23. The predicted molar refractivity (Wildman–Crippen MR) is 85.2 cm³/mol. The maximum absolute atomic E-state index is 11.5. The first-order valence-electron chi connectivity index (χ1n) is 7.27. The van der Waals surface area contributed by atoms with Crippen LogP contribution < -0.4 is 0 Å². The van der Waals surface area contributed by atoms with Crippen LogP contribution in [0.4, 0.5) is 0 Å². The van der Waals surface area contributed by atoms with Crippen molar-refractivity contribution in [2.24, 2.45) is 0 Å². The van der Waals surface area contributed by atoms with Gasteiger partial charge in [-0.2, -0.15) is 0 Å². The first kappa shape index (κ1) is 19.4. The number of esters is 1. The van der Waals surface area contributed by atoms with Crippen LogP contribution in [0.2, 0.25) is 0 Å². The highest BCUT2D eigenvalue weighted by molar-refractivity contribution is 6.03. The maximum atomic E-state index is 11.5. The van der Waals surface area contributed by atoms with Crippen molar-refractivity contribution in [2.75, 3.05) is 6.61 Å². The van der Waals surface area contributed by atoms with Crippen molar-refractivity contribution < 1.29 is 34.4 Å². The number of carbonyl (C=O) groups excluding carboxylic acids is 1. The molecule has 1 rings (SSSR count). The van der Waals surface area contributed by atoms with E-state index < -0.39 is 24.0 Å². The zero-order valence-electron chi connectivity index (χ0n) is 13.5. The second-order valence-corrected chi connectivity index (χ2v) is 5.46. The molecular weight excluding hydrogens is 316 g/mol. The third-order valence-corrected chi connectivity index (χ3v) is 3.30. The van der Waals surface area contributed by atoms with E-state index >= 15 is 0 Å². The van der Waals surface area contributed by atoms with Gasteiger partial charge in [0.2, 0.25) is 0 Å². The summed E-state index contributed by atoms with van der Waals surface area (Å²) in [4.78, 5) is 34.2. The molecule has 7 nitrogen and oxygen atoms in total. The standard InChI is InChI=1S/C17H20O7/c1-9(2)17(23)24-7-6-12-11(8-10(3)18)4-5-13(15(19)20)14(12)16(21)22/h4-5,10,18H,1,6-8H2,2-3H3,(H,19,20)(H,21,22). The molecule has 0 radical (unpaired) electrons. The van der Waals surface area contributed by atoms with Gasteiger partial charge in [0, 0.05) is 12.0 Å². The van der Waals surface area contributed by atoms with Crippen LogP contribution in [-0.4, -0.2) is 45.9 Å². The van der Waals surface area contributed by atoms with Gasteiger partial charge in [0.1, 0.15) is 0 Å². The Bertz CT molecular complexity index is 674. The summed E-state index contributed by atoms with van der Waals surface area (Å²) in [6.07, 6.45) is -0.563. The maximum Gasteiger partial charge on any atom is 0.336 e. The molecule has 3 N–H and O–H groups in total. The molecule has 0 aliphatic heterocycles. The number of carbonyl (C=O) groups is 3. The molecule has 0 aliphatic carbocycles. The molecule has 130 valence electrons. The van der Waals surface area contributed by atoms with Crippen molar-refractivity contribution in [2.45, 2.75) is 32.8 Å². The van der Waals surface area contributed by atoms with Crippen molar-refractivity contribution in [1.82, 2.24) is 0 Å². The summed E-state index contributed by atoms with van der Waals surface area (Å²) < 4.78 is 4.96. The summed E-state index contributed by atoms with van der Waals surface area (Å²) in [5.74, 6) is -3.37. The monoisotopic (exact) mass is 336 g/mol. The predicted octanol–water partition coefficient (Wildman–Crippen LogP) is 1.67. The zero-order chi connectivity index (χ0) is 18.4. The smallest absolute Gasteiger partial charge is 0.336 e. The topological polar surface area (TPSA) is 121 Å². The van der Waals surface area contributed by atoms with Gasteiger partial charge in [-0.1, -0.05) is 12.6 Å². The summed E-state index contributed by atoms with van der Waals surface area (Å²) in [6, 6.07) is 2.67. The average molecular weight is 336 g/mol. The minimum Gasteiger partial charge on any atom is -0.478 e. The van der Waals surface area contributed by atoms with Gasteiger partial charge >= 0.3 is 17.9 Å². The lowest BCUT2D eigenvalue weighted by Crippen LogP contribution is -2.18. The molecule has 0 aliphatic rings. The Morgan fingerprint density at radius 3 is 2.29 bits per heavy atom. The lowest BCUT2D eigenvalue weighted by atomic mass is 9.91. The molecule has 0 saturated carbocycles. The van der Waals surface area contributed by atoms with E-state index in [1.165, 1.54) is 26.0 Å². The number of aliphatic hydroxyl groups is 1. The van der Waals surface area contributed by atoms with Crippen LogP contribution in [0.1, 0.15) is 45.7 Å². The van der Waals surface area contributed by atoms with Crippen molar-refractivity contribution in [3.05, 3.63) is 46.5 Å². The van der Waals surface area contributed by atoms with Gasteiger partial charge in [0.05, 0.1) is 23.8 Å². The Morgan fingerprint density at radius 1 is 1.21 bits per heavy atom. The minimum atomic E-state index is -1.39. The fraction of sp³-hybridized carbons (Fsp3) is 0.353. The molecule has 0 spiro atoms. The Balaban J connectivity index is 3.26. The molecule has 1 unspecified atom stereocenters. The third-order valence-electron chi connectivity index (χ3n) is 3.30. The van der Waals surface area contributed by atoms with Crippen LogP contribution >= 0.6 is 0 Å². The second kappa shape index (κ2) is 8.26. The van der Waals surface area contributed by atoms with Crippen LogP contribution in [0.3, 0.4) is 0 Å². The van der Waals surface area contributed by atoms with Gasteiger partial charge in [0.25, 0.3) is 0 Å². The molecule has 0 fully saturated rings. The van der Waals surface area contributed by atoms with Crippen molar-refractivity contribution in [3.8, 4) is 0 Å². The molecule has 7 heteroatoms. The van der Waals surface area contributed by atoms with Crippen LogP contribution in [-0.2, 0) is 22.4 Å². The molecule has 0 heterocycles. The highest BCUT2D eigenvalue weighted by Crippen LogP contribution is 2.22. The number of ether oxygens (including phenoxy) is 1. The Labute approximate surface area is 139 Å². The van der Waals surface area contributed by atoms with E-state index in [9.17, 15) is 29.7 Å². The van der Waals surface area contributed by atoms with Crippen molar-refractivity contribution >= 4 is 17.9 Å². The Kier molecular flexibility index (Phi) is 6.67. The summed E-state index contributed by atoms with van der Waals surface area (Å²) in [5.41, 5.74) is 0.235. The highest BCUT2D eigenvalue weighted by atomic mass is 16.5. The van der Waals surface area contributed by atoms with E-state index in [0.717, 1.165) is 0 Å². The van der Waals surface area contributed by atoms with Crippen molar-refractivity contribution in [3.63, 3.8) is 0 Å². The van der Waals surface area contributed by atoms with Crippen LogP contribution in [0.5, 0.6) is 0 Å². The molecule has 0 saturated heterocycles. The van der Waals surface area contributed by atoms with E-state index in [0.29, 0.717) is 5.56 Å². The average Bonchev–Trinajstić information content (AvgIpc) is 2.46. The molecule has 1 aromatic carbocycles. The van der Waals surface area contributed by atoms with Gasteiger partial charge in [-0.05, 0) is 37.5 Å². The number of hydrogen-bond acceptors (Lipinski definition) is 5. The van der Waals surface area contributed by atoms with Gasteiger partial charge in [0.15, 0.2) is 0 Å². The number of aromatic carboxylic acids is 2. The normalized spacial score (nSPS) is 11.6. The van der Waals surface area contributed by atoms with Gasteiger partial charge in [-0.25, -0.2) is 14.4 Å². The largest absolute Gasteiger partial charge is 0.478 e. The molecule has 1 aromatic rings. The second-order valence-electron chi connectivity index (χ2n) is 5.46. The molecule has 0 amide bonds. The lowest BCUT2D eigenvalue weighted by Gasteiger charge is -2.16. The van der Waals surface area contributed by atoms with Gasteiger partial charge < -0.3 is 20.1 Å². The molecule has 1 atom stereocenters. The first-order chi connectivity index (χ1) is 11.1. The first-order valence-corrected chi connectivity index (χ1v) is 7.27. The van der Waals surface area contributed by atoms with Gasteiger partial charge in [-0.3, -0.25) is 0 Å². The number of hydrogen-bond donors (Lipinski definition) is 3. The van der Waals surface area contributed by atoms with E-state index in [-0.39, 0.29) is 41.7 Å². The van der Waals surface area contributed by atoms with Crippen LogP contribution in [0.15, 0.2) is 24.3 Å². The third kappa shape index (κ3) is 4.92. The van der Waals surface area contributed by atoms with E-state index in [1.54, 1.807) is 0 Å². The van der Waals surface area contributed by atoms with Crippen LogP contribution in [0.25, 0.3) is 0 Å². The van der Waals surface area contributed by atoms with E-state index in [4.69, 9.17) is 4.74 Å². The SMILES string of the molecule is C=C(C)C(=O)OCCc1c(CC(C)O)ccc(C(=O)O)c1C(=O)O. The molecular formula is C17H20O7. The van der Waals surface area contributed by atoms with Gasteiger partial charge in [-0.15, -0.1) is 0 Å². The fourth-order valence-corrected chi connectivity index (χ4v) is 2.28. The summed E-state index contributed by atoms with van der Waals surface area (Å²) in [7, 11) is 0. The Morgan fingerprint density at radius 2 is 1.83 bits per heavy atom. The number of carboxylic acid groups (broad SMARTS) is 2. The summed E-state index contributed by atoms with van der Waals surface area (Å²) >= 11 is 0. The fourth-order valence-electron chi connectivity index (χ4n) is 2.28. The minimum absolute atomic E-state index is 0.0177. The van der Waals surface area contributed by atoms with E-state index in [2.05, 4.69) is 6.58 Å². The summed E-state index contributed by atoms with van der Waals surface area (Å²) in [6.45, 7) is 6.34. The number of carboxylic acids is 2. The zero-order valence-corrected chi connectivity index (χ0v) is 13.5. The quantitative estimate of drug-likeness (QED) is 0.487. The number of benzene rings is 1.